The quantitative estimate of drug-likeness (QED) is 0.329. The number of carbonyl (C=O) groups is 2. The Labute approximate surface area is 252 Å². The van der Waals surface area contributed by atoms with Crippen LogP contribution in [0.4, 0.5) is 32.2 Å². The lowest BCUT2D eigenvalue weighted by Crippen LogP contribution is -2.56. The Morgan fingerprint density at radius 1 is 1.18 bits per heavy atom. The molecule has 5 heterocycles. The summed E-state index contributed by atoms with van der Waals surface area (Å²) in [6, 6.07) is 1.69. The molecule has 0 bridgehead atoms. The number of aromatic nitrogens is 4. The molecule has 3 aromatic heterocycles. The molecule has 3 atom stereocenters. The number of carbonyl (C=O) groups excluding carboxylic acids is 2. The topological polar surface area (TPSA) is 151 Å². The molecular formula is C27H30F6N8O4. The van der Waals surface area contributed by atoms with E-state index < -0.39 is 54.8 Å². The van der Waals surface area contributed by atoms with Crippen LogP contribution in [-0.4, -0.2) is 110 Å². The van der Waals surface area contributed by atoms with Gasteiger partial charge in [0.15, 0.2) is 5.82 Å². The smallest absolute Gasteiger partial charge is 0.426 e. The second kappa shape index (κ2) is 11.6. The average molecular weight is 645 g/mol. The fourth-order valence-corrected chi connectivity index (χ4v) is 5.41. The van der Waals surface area contributed by atoms with Crippen LogP contribution < -0.4 is 15.8 Å². The molecule has 18 heteroatoms. The lowest BCUT2D eigenvalue weighted by Gasteiger charge is -2.31. The maximum Gasteiger partial charge on any atom is 0.426 e. The van der Waals surface area contributed by atoms with Gasteiger partial charge < -0.3 is 25.8 Å². The van der Waals surface area contributed by atoms with Gasteiger partial charge in [0.2, 0.25) is 11.5 Å². The number of hydrogen-bond acceptors (Lipinski definition) is 9. The number of pyridine rings is 1. The summed E-state index contributed by atoms with van der Waals surface area (Å²) in [5.74, 6) is -5.38. The van der Waals surface area contributed by atoms with E-state index in [-0.39, 0.29) is 56.7 Å². The average Bonchev–Trinajstić information content (AvgIpc) is 3.53. The standard InChI is InChI=1S/C27H30F6N8O4/c1-25(44,27(31,32)33)24(43)40-11-17(28)18(12-40)38-22(42)16-7-14(9-35-23(16)45-2)19-8-15(20-21(34)36-13-37-41(19)20)10-39-5-3-26(29,30)4-6-39/h7-9,13,17-18,44H,3-6,10-12H2,1-2H3,(H,38,42)(H2,34,36,37)/t17-,18+,25+/m0/s1. The van der Waals surface area contributed by atoms with E-state index >= 15 is 0 Å². The number of nitrogen functional groups attached to an aromatic ring is 1. The van der Waals surface area contributed by atoms with Crippen molar-refractivity contribution in [1.29, 1.82) is 0 Å². The van der Waals surface area contributed by atoms with Gasteiger partial charge in [-0.05, 0) is 24.6 Å². The third kappa shape index (κ3) is 6.20. The summed E-state index contributed by atoms with van der Waals surface area (Å²) in [5, 5.41) is 16.4. The van der Waals surface area contributed by atoms with Crippen molar-refractivity contribution in [1.82, 2.24) is 34.7 Å². The van der Waals surface area contributed by atoms with Crippen molar-refractivity contribution in [2.75, 3.05) is 39.0 Å². The van der Waals surface area contributed by atoms with Crippen LogP contribution in [0.3, 0.4) is 0 Å². The Hall–Kier alpha value is -4.19. The Kier molecular flexibility index (Phi) is 8.32. The summed E-state index contributed by atoms with van der Waals surface area (Å²) < 4.78 is 88.4. The third-order valence-electron chi connectivity index (χ3n) is 8.05. The highest BCUT2D eigenvalue weighted by Gasteiger charge is 2.58. The molecule has 2 amide bonds. The van der Waals surface area contributed by atoms with E-state index in [9.17, 15) is 41.0 Å². The van der Waals surface area contributed by atoms with E-state index in [1.54, 1.807) is 6.07 Å². The van der Waals surface area contributed by atoms with Gasteiger partial charge in [0, 0.05) is 50.8 Å². The molecule has 12 nitrogen and oxygen atoms in total. The predicted molar refractivity (Wildman–Crippen MR) is 146 cm³/mol. The second-order valence-corrected chi connectivity index (χ2v) is 11.2. The Balaban J connectivity index is 1.41. The number of alkyl halides is 6. The summed E-state index contributed by atoms with van der Waals surface area (Å²) in [7, 11) is 1.24. The number of halogens is 6. The number of fused-ring (bicyclic) bond motifs is 1. The number of aliphatic hydroxyl groups is 1. The SMILES string of the molecule is COc1ncc(-c2cc(CN3CCC(F)(F)CC3)c3c(N)ncnn23)cc1C(=O)N[C@@H]1CN(C(=O)[C@@](C)(O)C(F)(F)F)C[C@@H]1F. The van der Waals surface area contributed by atoms with Gasteiger partial charge >= 0.3 is 6.18 Å². The number of hydrogen-bond donors (Lipinski definition) is 3. The number of nitrogens with zero attached hydrogens (tertiary/aromatic N) is 6. The van der Waals surface area contributed by atoms with Crippen LogP contribution in [0.5, 0.6) is 5.88 Å². The molecule has 2 aliphatic rings. The second-order valence-electron chi connectivity index (χ2n) is 11.2. The molecule has 244 valence electrons. The van der Waals surface area contributed by atoms with Crippen molar-refractivity contribution in [2.45, 2.75) is 56.2 Å². The highest BCUT2D eigenvalue weighted by molar-refractivity contribution is 5.98. The van der Waals surface area contributed by atoms with E-state index in [1.807, 2.05) is 4.90 Å². The molecule has 0 aliphatic carbocycles. The lowest BCUT2D eigenvalue weighted by molar-refractivity contribution is -0.249. The molecule has 3 aromatic rings. The number of rotatable bonds is 7. The van der Waals surface area contributed by atoms with Gasteiger partial charge in [-0.3, -0.25) is 14.5 Å². The molecule has 0 spiro atoms. The molecule has 5 rings (SSSR count). The number of ether oxygens (including phenoxy) is 1. The third-order valence-corrected chi connectivity index (χ3v) is 8.05. The largest absolute Gasteiger partial charge is 0.480 e. The van der Waals surface area contributed by atoms with Crippen LogP contribution in [0.15, 0.2) is 24.7 Å². The number of amides is 2. The van der Waals surface area contributed by atoms with Crippen molar-refractivity contribution in [3.05, 3.63) is 35.8 Å². The van der Waals surface area contributed by atoms with Crippen LogP contribution in [0.2, 0.25) is 0 Å². The highest BCUT2D eigenvalue weighted by Crippen LogP contribution is 2.35. The van der Waals surface area contributed by atoms with Crippen molar-refractivity contribution < 1.29 is 45.8 Å². The Morgan fingerprint density at radius 2 is 1.87 bits per heavy atom. The lowest BCUT2D eigenvalue weighted by atomic mass is 10.1. The number of piperidine rings is 1. The van der Waals surface area contributed by atoms with Crippen LogP contribution >= 0.6 is 0 Å². The van der Waals surface area contributed by atoms with Crippen molar-refractivity contribution >= 4 is 23.1 Å². The maximum absolute atomic E-state index is 14.8. The molecule has 0 radical (unpaired) electrons. The normalized spacial score (nSPS) is 21.9. The number of likely N-dealkylation sites (tertiary alicyclic amines) is 2. The molecule has 2 aliphatic heterocycles. The summed E-state index contributed by atoms with van der Waals surface area (Å²) >= 11 is 0. The zero-order valence-electron chi connectivity index (χ0n) is 24.1. The van der Waals surface area contributed by atoms with Crippen molar-refractivity contribution in [3.63, 3.8) is 0 Å². The maximum atomic E-state index is 14.8. The Bertz CT molecular complexity index is 1600. The van der Waals surface area contributed by atoms with Gasteiger partial charge in [0.25, 0.3) is 17.7 Å². The van der Waals surface area contributed by atoms with Crippen LogP contribution in [-0.2, 0) is 11.3 Å². The zero-order valence-corrected chi connectivity index (χ0v) is 24.1. The Morgan fingerprint density at radius 3 is 2.51 bits per heavy atom. The molecule has 0 unspecified atom stereocenters. The summed E-state index contributed by atoms with van der Waals surface area (Å²) in [6.45, 7) is -0.538. The molecule has 0 saturated carbocycles. The summed E-state index contributed by atoms with van der Waals surface area (Å²) in [4.78, 5) is 36.2. The van der Waals surface area contributed by atoms with Gasteiger partial charge in [-0.2, -0.15) is 18.3 Å². The zero-order chi connectivity index (χ0) is 32.9. The van der Waals surface area contributed by atoms with E-state index in [0.29, 0.717) is 27.2 Å². The molecule has 0 aromatic carbocycles. The van der Waals surface area contributed by atoms with Crippen LogP contribution in [0.25, 0.3) is 16.8 Å². The van der Waals surface area contributed by atoms with Gasteiger partial charge in [0.05, 0.1) is 25.4 Å². The molecule has 2 fully saturated rings. The minimum atomic E-state index is -5.29. The van der Waals surface area contributed by atoms with E-state index in [0.717, 1.165) is 0 Å². The van der Waals surface area contributed by atoms with Crippen LogP contribution in [0, 0.1) is 0 Å². The number of nitrogens with two attached hydrogens (primary N) is 1. The molecule has 2 saturated heterocycles. The number of nitrogens with one attached hydrogen (secondary N) is 1. The first-order valence-electron chi connectivity index (χ1n) is 13.8. The van der Waals surface area contributed by atoms with Gasteiger partial charge in [0.1, 0.15) is 23.6 Å². The fraction of sp³-hybridized carbons (Fsp3) is 0.519. The molecular weight excluding hydrogens is 614 g/mol. The predicted octanol–water partition coefficient (Wildman–Crippen LogP) is 2.21. The first-order chi connectivity index (χ1) is 21.0. The van der Waals surface area contributed by atoms with E-state index in [4.69, 9.17) is 10.5 Å². The van der Waals surface area contributed by atoms with Gasteiger partial charge in [-0.1, -0.05) is 0 Å². The summed E-state index contributed by atoms with van der Waals surface area (Å²) in [6.07, 6.45) is -5.20. The minimum absolute atomic E-state index is 0.131. The highest BCUT2D eigenvalue weighted by atomic mass is 19.4. The van der Waals surface area contributed by atoms with Crippen LogP contribution in [0.1, 0.15) is 35.7 Å². The van der Waals surface area contributed by atoms with Gasteiger partial charge in [-0.15, -0.1) is 0 Å². The minimum Gasteiger partial charge on any atom is -0.480 e. The molecule has 45 heavy (non-hydrogen) atoms. The van der Waals surface area contributed by atoms with Crippen molar-refractivity contribution in [2.24, 2.45) is 0 Å². The number of methoxy groups -OCH3 is 1. The van der Waals surface area contributed by atoms with E-state index in [2.05, 4.69) is 20.4 Å². The monoisotopic (exact) mass is 644 g/mol. The fourth-order valence-electron chi connectivity index (χ4n) is 5.41. The number of anilines is 1. The van der Waals surface area contributed by atoms with Gasteiger partial charge in [-0.25, -0.2) is 27.7 Å². The molecule has 4 N–H and O–H groups in total. The first kappa shape index (κ1) is 32.2. The van der Waals surface area contributed by atoms with E-state index in [1.165, 1.54) is 30.2 Å². The van der Waals surface area contributed by atoms with Crippen molar-refractivity contribution in [3.8, 4) is 17.1 Å². The first-order valence-corrected chi connectivity index (χ1v) is 13.8. The summed E-state index contributed by atoms with van der Waals surface area (Å²) in [5.41, 5.74) is 4.08.